The number of rotatable bonds is 3. The molecular formula is C17H27N. The monoisotopic (exact) mass is 245 g/mol. The molecule has 0 saturated heterocycles. The highest BCUT2D eigenvalue weighted by atomic mass is 14.8. The third kappa shape index (κ3) is 1.77. The molecule has 1 nitrogen and oxygen atoms in total. The smallest absolute Gasteiger partial charge is 0.0419 e. The molecule has 3 unspecified atom stereocenters. The van der Waals surface area contributed by atoms with Crippen molar-refractivity contribution in [2.24, 2.45) is 40.5 Å². The van der Waals surface area contributed by atoms with Crippen LogP contribution in [0.2, 0.25) is 0 Å². The first-order valence-electron chi connectivity index (χ1n) is 8.43. The van der Waals surface area contributed by atoms with Crippen molar-refractivity contribution in [3.63, 3.8) is 0 Å². The molecule has 100 valence electrons. The summed E-state index contributed by atoms with van der Waals surface area (Å²) in [7, 11) is 0. The van der Waals surface area contributed by atoms with Crippen LogP contribution in [0.4, 0.5) is 0 Å². The summed E-state index contributed by atoms with van der Waals surface area (Å²) < 4.78 is 0. The van der Waals surface area contributed by atoms with Crippen LogP contribution in [0.5, 0.6) is 0 Å². The van der Waals surface area contributed by atoms with E-state index in [0.717, 1.165) is 35.5 Å². The SMILES string of the molecule is C1=NCC(C2CCC2)C(C2CCC2)C1C1CCC1. The first-order valence-corrected chi connectivity index (χ1v) is 8.43. The Balaban J connectivity index is 1.55. The van der Waals surface area contributed by atoms with Crippen molar-refractivity contribution in [2.75, 3.05) is 6.54 Å². The zero-order valence-corrected chi connectivity index (χ0v) is 11.6. The van der Waals surface area contributed by atoms with Crippen LogP contribution < -0.4 is 0 Å². The van der Waals surface area contributed by atoms with Gasteiger partial charge in [-0.25, -0.2) is 0 Å². The van der Waals surface area contributed by atoms with Gasteiger partial charge in [0.2, 0.25) is 0 Å². The molecule has 3 saturated carbocycles. The molecule has 1 aliphatic heterocycles. The molecule has 0 bridgehead atoms. The van der Waals surface area contributed by atoms with Crippen LogP contribution >= 0.6 is 0 Å². The van der Waals surface area contributed by atoms with E-state index in [1.807, 2.05) is 0 Å². The van der Waals surface area contributed by atoms with Crippen molar-refractivity contribution >= 4 is 6.21 Å². The van der Waals surface area contributed by atoms with Crippen LogP contribution in [-0.4, -0.2) is 12.8 Å². The average molecular weight is 245 g/mol. The molecule has 3 fully saturated rings. The van der Waals surface area contributed by atoms with Crippen molar-refractivity contribution < 1.29 is 0 Å². The van der Waals surface area contributed by atoms with E-state index in [-0.39, 0.29) is 0 Å². The Morgan fingerprint density at radius 2 is 1.33 bits per heavy atom. The summed E-state index contributed by atoms with van der Waals surface area (Å²) in [6, 6.07) is 0. The quantitative estimate of drug-likeness (QED) is 0.702. The minimum Gasteiger partial charge on any atom is -0.297 e. The molecule has 0 amide bonds. The van der Waals surface area contributed by atoms with Gasteiger partial charge in [0.05, 0.1) is 0 Å². The van der Waals surface area contributed by atoms with Crippen LogP contribution in [0.25, 0.3) is 0 Å². The van der Waals surface area contributed by atoms with E-state index >= 15 is 0 Å². The molecule has 4 rings (SSSR count). The molecule has 1 heterocycles. The van der Waals surface area contributed by atoms with Crippen molar-refractivity contribution in [3.8, 4) is 0 Å². The van der Waals surface area contributed by atoms with E-state index in [1.54, 1.807) is 0 Å². The van der Waals surface area contributed by atoms with Crippen molar-refractivity contribution in [3.05, 3.63) is 0 Å². The topological polar surface area (TPSA) is 12.4 Å². The number of hydrogen-bond acceptors (Lipinski definition) is 1. The van der Waals surface area contributed by atoms with E-state index in [2.05, 4.69) is 6.21 Å². The Kier molecular flexibility index (Phi) is 2.97. The molecule has 0 spiro atoms. The number of nitrogens with zero attached hydrogens (tertiary/aromatic N) is 1. The zero-order valence-electron chi connectivity index (χ0n) is 11.6. The van der Waals surface area contributed by atoms with Gasteiger partial charge in [-0.05, 0) is 42.4 Å². The van der Waals surface area contributed by atoms with E-state index in [1.165, 1.54) is 64.3 Å². The predicted molar refractivity (Wildman–Crippen MR) is 75.9 cm³/mol. The zero-order chi connectivity index (χ0) is 11.9. The molecule has 18 heavy (non-hydrogen) atoms. The van der Waals surface area contributed by atoms with Gasteiger partial charge in [0.25, 0.3) is 0 Å². The lowest BCUT2D eigenvalue weighted by Crippen LogP contribution is -2.47. The van der Waals surface area contributed by atoms with Crippen molar-refractivity contribution in [1.29, 1.82) is 0 Å². The van der Waals surface area contributed by atoms with Gasteiger partial charge in [-0.1, -0.05) is 44.9 Å². The molecule has 4 aliphatic rings. The highest BCUT2D eigenvalue weighted by molar-refractivity contribution is 5.63. The lowest BCUT2D eigenvalue weighted by Gasteiger charge is -2.51. The Morgan fingerprint density at radius 3 is 1.83 bits per heavy atom. The Hall–Kier alpha value is -0.330. The molecule has 0 aromatic carbocycles. The summed E-state index contributed by atoms with van der Waals surface area (Å²) in [5.74, 6) is 6.03. The van der Waals surface area contributed by atoms with Gasteiger partial charge in [-0.3, -0.25) is 4.99 Å². The minimum atomic E-state index is 0.878. The maximum atomic E-state index is 4.81. The molecule has 3 atom stereocenters. The largest absolute Gasteiger partial charge is 0.297 e. The van der Waals surface area contributed by atoms with Crippen LogP contribution in [0.3, 0.4) is 0 Å². The van der Waals surface area contributed by atoms with Crippen LogP contribution in [0.1, 0.15) is 57.8 Å². The Labute approximate surface area is 111 Å². The normalized spacial score (nSPS) is 42.1. The van der Waals surface area contributed by atoms with E-state index in [0.29, 0.717) is 0 Å². The second kappa shape index (κ2) is 4.65. The fourth-order valence-corrected chi connectivity index (χ4v) is 4.89. The summed E-state index contributed by atoms with van der Waals surface area (Å²) in [4.78, 5) is 4.81. The molecule has 0 aromatic heterocycles. The highest BCUT2D eigenvalue weighted by Crippen LogP contribution is 2.52. The third-order valence-electron chi connectivity index (χ3n) is 6.68. The second-order valence-electron chi connectivity index (χ2n) is 7.41. The van der Waals surface area contributed by atoms with Crippen LogP contribution in [0.15, 0.2) is 4.99 Å². The molecule has 3 aliphatic carbocycles. The Morgan fingerprint density at radius 1 is 0.722 bits per heavy atom. The standard InChI is InChI=1S/C17H27N/c1-4-12(5-1)15-10-18-11-16(13-6-2-7-13)17(15)14-8-3-9-14/h10,12-17H,1-9,11H2. The van der Waals surface area contributed by atoms with Gasteiger partial charge in [0.1, 0.15) is 0 Å². The maximum absolute atomic E-state index is 4.81. The summed E-state index contributed by atoms with van der Waals surface area (Å²) in [5, 5.41) is 0. The summed E-state index contributed by atoms with van der Waals surface area (Å²) in [5.41, 5.74) is 0. The molecule has 0 radical (unpaired) electrons. The minimum absolute atomic E-state index is 0.878. The van der Waals surface area contributed by atoms with Gasteiger partial charge in [0, 0.05) is 18.7 Å². The average Bonchev–Trinajstić information content (AvgIpc) is 2.14. The summed E-state index contributed by atoms with van der Waals surface area (Å²) in [6.07, 6.45) is 16.0. The van der Waals surface area contributed by atoms with E-state index in [4.69, 9.17) is 4.99 Å². The van der Waals surface area contributed by atoms with Gasteiger partial charge in [-0.15, -0.1) is 0 Å². The first kappa shape index (κ1) is 11.5. The highest BCUT2D eigenvalue weighted by Gasteiger charge is 2.46. The Bertz CT molecular complexity index is 323. The van der Waals surface area contributed by atoms with Crippen molar-refractivity contribution in [1.82, 2.24) is 0 Å². The molecular weight excluding hydrogens is 218 g/mol. The lowest BCUT2D eigenvalue weighted by atomic mass is 9.55. The number of aliphatic imine (C=N–C) groups is 1. The van der Waals surface area contributed by atoms with Gasteiger partial charge in [-0.2, -0.15) is 0 Å². The number of hydrogen-bond donors (Lipinski definition) is 0. The fourth-order valence-electron chi connectivity index (χ4n) is 4.89. The fraction of sp³-hybridized carbons (Fsp3) is 0.941. The van der Waals surface area contributed by atoms with Gasteiger partial charge >= 0.3 is 0 Å². The molecule has 1 heteroatoms. The molecule has 0 N–H and O–H groups in total. The van der Waals surface area contributed by atoms with Crippen LogP contribution in [-0.2, 0) is 0 Å². The summed E-state index contributed by atoms with van der Waals surface area (Å²) >= 11 is 0. The van der Waals surface area contributed by atoms with Crippen molar-refractivity contribution in [2.45, 2.75) is 57.8 Å². The van der Waals surface area contributed by atoms with Gasteiger partial charge < -0.3 is 0 Å². The lowest BCUT2D eigenvalue weighted by molar-refractivity contribution is 0.0167. The first-order chi connectivity index (χ1) is 8.93. The van der Waals surface area contributed by atoms with E-state index in [9.17, 15) is 0 Å². The van der Waals surface area contributed by atoms with Crippen LogP contribution in [0, 0.1) is 35.5 Å². The van der Waals surface area contributed by atoms with Gasteiger partial charge in [0.15, 0.2) is 0 Å². The van der Waals surface area contributed by atoms with E-state index < -0.39 is 0 Å². The second-order valence-corrected chi connectivity index (χ2v) is 7.41. The third-order valence-corrected chi connectivity index (χ3v) is 6.68. The predicted octanol–water partition coefficient (Wildman–Crippen LogP) is 4.32. The maximum Gasteiger partial charge on any atom is 0.0419 e. The molecule has 0 aromatic rings. The summed E-state index contributed by atoms with van der Waals surface area (Å²) in [6.45, 7) is 1.18.